The van der Waals surface area contributed by atoms with Crippen molar-refractivity contribution >= 4 is 0 Å². The van der Waals surface area contributed by atoms with Crippen LogP contribution in [0.3, 0.4) is 0 Å². The summed E-state index contributed by atoms with van der Waals surface area (Å²) in [5.41, 5.74) is 0.304. The maximum Gasteiger partial charge on any atom is 0.0278 e. The largest absolute Gasteiger partial charge is 0.309 e. The van der Waals surface area contributed by atoms with E-state index in [0.717, 1.165) is 6.54 Å². The summed E-state index contributed by atoms with van der Waals surface area (Å²) in [6, 6.07) is 1.40. The molecule has 0 radical (unpaired) electrons. The summed E-state index contributed by atoms with van der Waals surface area (Å²) in [4.78, 5) is 5.03. The molecule has 0 saturated carbocycles. The second-order valence-corrected chi connectivity index (χ2v) is 6.47. The van der Waals surface area contributed by atoms with E-state index in [-0.39, 0.29) is 0 Å². The molecule has 1 saturated heterocycles. The van der Waals surface area contributed by atoms with Crippen molar-refractivity contribution in [2.75, 3.05) is 33.7 Å². The minimum Gasteiger partial charge on any atom is -0.309 e. The summed E-state index contributed by atoms with van der Waals surface area (Å²) in [6.07, 6.45) is 3.72. The summed E-state index contributed by atoms with van der Waals surface area (Å²) in [7, 11) is 4.33. The topological polar surface area (TPSA) is 18.5 Å². The smallest absolute Gasteiger partial charge is 0.0278 e. The number of nitrogens with one attached hydrogen (secondary N) is 1. The lowest BCUT2D eigenvalue weighted by atomic mass is 9.91. The molecule has 3 heteroatoms. The highest BCUT2D eigenvalue weighted by molar-refractivity contribution is 4.95. The summed E-state index contributed by atoms with van der Waals surface area (Å²) >= 11 is 0. The highest BCUT2D eigenvalue weighted by atomic mass is 15.3. The van der Waals surface area contributed by atoms with Crippen LogP contribution in [0.1, 0.15) is 47.0 Å². The Morgan fingerprint density at radius 3 is 2.56 bits per heavy atom. The average molecular weight is 255 g/mol. The van der Waals surface area contributed by atoms with Crippen LogP contribution in [-0.2, 0) is 0 Å². The molecule has 3 unspecified atom stereocenters. The zero-order chi connectivity index (χ0) is 13.8. The van der Waals surface area contributed by atoms with Gasteiger partial charge >= 0.3 is 0 Å². The van der Waals surface area contributed by atoms with E-state index >= 15 is 0 Å². The summed E-state index contributed by atoms with van der Waals surface area (Å²) < 4.78 is 0. The second kappa shape index (κ2) is 6.88. The molecular formula is C15H33N3. The maximum atomic E-state index is 3.74. The van der Waals surface area contributed by atoms with E-state index < -0.39 is 0 Å². The van der Waals surface area contributed by atoms with Crippen molar-refractivity contribution in [3.05, 3.63) is 0 Å². The van der Waals surface area contributed by atoms with Crippen molar-refractivity contribution < 1.29 is 0 Å². The van der Waals surface area contributed by atoms with Crippen LogP contribution < -0.4 is 5.32 Å². The van der Waals surface area contributed by atoms with Gasteiger partial charge in [0, 0.05) is 30.7 Å². The first-order valence-electron chi connectivity index (χ1n) is 7.57. The van der Waals surface area contributed by atoms with Crippen LogP contribution in [0.15, 0.2) is 0 Å². The normalized spacial score (nSPS) is 31.8. The monoisotopic (exact) mass is 255 g/mol. The Balaban J connectivity index is 2.61. The van der Waals surface area contributed by atoms with Gasteiger partial charge in [-0.05, 0) is 53.8 Å². The van der Waals surface area contributed by atoms with Crippen molar-refractivity contribution in [3.8, 4) is 0 Å². The molecule has 0 aromatic heterocycles. The zero-order valence-electron chi connectivity index (χ0n) is 13.3. The molecule has 1 fully saturated rings. The van der Waals surface area contributed by atoms with Gasteiger partial charge < -0.3 is 10.2 Å². The van der Waals surface area contributed by atoms with Crippen LogP contribution in [0, 0.1) is 0 Å². The first-order valence-corrected chi connectivity index (χ1v) is 7.57. The molecule has 1 aliphatic rings. The van der Waals surface area contributed by atoms with Crippen LogP contribution in [0.2, 0.25) is 0 Å². The standard InChI is InChI=1S/C15H33N3/c1-7-14-11-16-15(4,8-2)12-18(14)13(3)9-10-17(5)6/h13-14,16H,7-12H2,1-6H3. The van der Waals surface area contributed by atoms with Gasteiger partial charge in [-0.2, -0.15) is 0 Å². The van der Waals surface area contributed by atoms with Crippen molar-refractivity contribution in [1.29, 1.82) is 0 Å². The Labute approximate surface area is 114 Å². The van der Waals surface area contributed by atoms with E-state index in [4.69, 9.17) is 0 Å². The van der Waals surface area contributed by atoms with Crippen molar-refractivity contribution in [1.82, 2.24) is 15.1 Å². The van der Waals surface area contributed by atoms with Gasteiger partial charge in [0.05, 0.1) is 0 Å². The fourth-order valence-corrected chi connectivity index (χ4v) is 2.81. The number of rotatable bonds is 6. The number of piperazine rings is 1. The zero-order valence-corrected chi connectivity index (χ0v) is 13.3. The summed E-state index contributed by atoms with van der Waals surface area (Å²) in [5, 5.41) is 3.74. The summed E-state index contributed by atoms with van der Waals surface area (Å²) in [5.74, 6) is 0. The third-order valence-corrected chi connectivity index (χ3v) is 4.58. The molecule has 1 aliphatic heterocycles. The van der Waals surface area contributed by atoms with E-state index in [0.29, 0.717) is 17.6 Å². The first kappa shape index (κ1) is 15.9. The molecule has 0 bridgehead atoms. The van der Waals surface area contributed by atoms with Crippen LogP contribution in [0.4, 0.5) is 0 Å². The fraction of sp³-hybridized carbons (Fsp3) is 1.00. The molecule has 1 heterocycles. The second-order valence-electron chi connectivity index (χ2n) is 6.47. The van der Waals surface area contributed by atoms with Gasteiger partial charge in [0.25, 0.3) is 0 Å². The van der Waals surface area contributed by atoms with Gasteiger partial charge in [0.1, 0.15) is 0 Å². The molecule has 0 aromatic rings. The molecule has 0 aromatic carbocycles. The Morgan fingerprint density at radius 2 is 2.06 bits per heavy atom. The average Bonchev–Trinajstić information content (AvgIpc) is 2.36. The lowest BCUT2D eigenvalue weighted by Gasteiger charge is -2.48. The highest BCUT2D eigenvalue weighted by Crippen LogP contribution is 2.23. The van der Waals surface area contributed by atoms with Gasteiger partial charge in [-0.15, -0.1) is 0 Å². The van der Waals surface area contributed by atoms with Crippen LogP contribution >= 0.6 is 0 Å². The van der Waals surface area contributed by atoms with E-state index in [2.05, 4.69) is 56.9 Å². The highest BCUT2D eigenvalue weighted by Gasteiger charge is 2.35. The molecule has 3 atom stereocenters. The molecule has 0 aliphatic carbocycles. The molecule has 0 amide bonds. The van der Waals surface area contributed by atoms with Crippen LogP contribution in [0.25, 0.3) is 0 Å². The van der Waals surface area contributed by atoms with E-state index in [1.807, 2.05) is 0 Å². The third kappa shape index (κ3) is 4.22. The minimum atomic E-state index is 0.304. The fourth-order valence-electron chi connectivity index (χ4n) is 2.81. The SMILES string of the molecule is CCC1CNC(C)(CC)CN1C(C)CCN(C)C. The van der Waals surface area contributed by atoms with E-state index in [1.54, 1.807) is 0 Å². The lowest BCUT2D eigenvalue weighted by molar-refractivity contribution is 0.0444. The molecule has 1 rings (SSSR count). The maximum absolute atomic E-state index is 3.74. The number of hydrogen-bond donors (Lipinski definition) is 1. The Bertz CT molecular complexity index is 242. The van der Waals surface area contributed by atoms with Crippen molar-refractivity contribution in [2.24, 2.45) is 0 Å². The number of nitrogens with zero attached hydrogens (tertiary/aromatic N) is 2. The Morgan fingerprint density at radius 1 is 1.39 bits per heavy atom. The quantitative estimate of drug-likeness (QED) is 0.785. The van der Waals surface area contributed by atoms with Gasteiger partial charge in [0.15, 0.2) is 0 Å². The van der Waals surface area contributed by atoms with Crippen molar-refractivity contribution in [2.45, 2.75) is 64.6 Å². The Hall–Kier alpha value is -0.120. The summed E-state index contributed by atoms with van der Waals surface area (Å²) in [6.45, 7) is 12.9. The predicted octanol–water partition coefficient (Wildman–Crippen LogP) is 2.18. The molecular weight excluding hydrogens is 222 g/mol. The van der Waals surface area contributed by atoms with Gasteiger partial charge in [-0.25, -0.2) is 0 Å². The molecule has 108 valence electrons. The third-order valence-electron chi connectivity index (χ3n) is 4.58. The minimum absolute atomic E-state index is 0.304. The Kier molecular flexibility index (Phi) is 6.09. The molecule has 1 N–H and O–H groups in total. The van der Waals surface area contributed by atoms with Gasteiger partial charge in [-0.3, -0.25) is 4.90 Å². The number of hydrogen-bond acceptors (Lipinski definition) is 3. The van der Waals surface area contributed by atoms with E-state index in [1.165, 1.54) is 32.4 Å². The van der Waals surface area contributed by atoms with Crippen molar-refractivity contribution in [3.63, 3.8) is 0 Å². The lowest BCUT2D eigenvalue weighted by Crippen LogP contribution is -2.64. The molecule has 3 nitrogen and oxygen atoms in total. The van der Waals surface area contributed by atoms with E-state index in [9.17, 15) is 0 Å². The predicted molar refractivity (Wildman–Crippen MR) is 80.1 cm³/mol. The molecule has 0 spiro atoms. The van der Waals surface area contributed by atoms with Crippen LogP contribution in [-0.4, -0.2) is 61.2 Å². The van der Waals surface area contributed by atoms with Gasteiger partial charge in [0.2, 0.25) is 0 Å². The van der Waals surface area contributed by atoms with Crippen LogP contribution in [0.5, 0.6) is 0 Å². The molecule has 18 heavy (non-hydrogen) atoms. The first-order chi connectivity index (χ1) is 8.41. The van der Waals surface area contributed by atoms with Gasteiger partial charge in [-0.1, -0.05) is 13.8 Å².